The lowest BCUT2D eigenvalue weighted by Crippen LogP contribution is -2.39. The number of aromatic amines is 1. The second-order valence-corrected chi connectivity index (χ2v) is 11.0. The second-order valence-electron chi connectivity index (χ2n) is 11.0. The quantitative estimate of drug-likeness (QED) is 0.172. The zero-order valence-electron chi connectivity index (χ0n) is 23.8. The molecule has 2 amide bonds. The molecule has 11 nitrogen and oxygen atoms in total. The summed E-state index contributed by atoms with van der Waals surface area (Å²) in [6.45, 7) is 4.60. The number of nitrogens with one attached hydrogen (secondary N) is 5. The van der Waals surface area contributed by atoms with E-state index in [2.05, 4.69) is 60.0 Å². The van der Waals surface area contributed by atoms with E-state index < -0.39 is 0 Å². The molecular formula is C31H35N9O2. The Morgan fingerprint density at radius 1 is 1.07 bits per heavy atom. The van der Waals surface area contributed by atoms with Crippen LogP contribution in [0.2, 0.25) is 0 Å². The van der Waals surface area contributed by atoms with Crippen LogP contribution in [-0.2, 0) is 22.6 Å². The number of carbonyl (C=O) groups is 2. The van der Waals surface area contributed by atoms with E-state index in [9.17, 15) is 9.59 Å². The Morgan fingerprint density at radius 3 is 2.64 bits per heavy atom. The lowest BCUT2D eigenvalue weighted by molar-refractivity contribution is -0.118. The molecule has 0 radical (unpaired) electrons. The van der Waals surface area contributed by atoms with Gasteiger partial charge in [0.2, 0.25) is 5.91 Å². The summed E-state index contributed by atoms with van der Waals surface area (Å²) in [5, 5.41) is 17.7. The monoisotopic (exact) mass is 565 g/mol. The molecule has 4 aromatic rings. The number of hydrazine groups is 2. The first-order valence-electron chi connectivity index (χ1n) is 14.4. The number of hydrogen-bond donors (Lipinski definition) is 5. The molecule has 0 atom stereocenters. The van der Waals surface area contributed by atoms with Gasteiger partial charge in [-0.15, -0.1) is 10.6 Å². The molecule has 1 aliphatic carbocycles. The molecule has 3 aromatic heterocycles. The van der Waals surface area contributed by atoms with Crippen LogP contribution in [0.15, 0.2) is 60.6 Å². The molecule has 1 aromatic carbocycles. The minimum absolute atomic E-state index is 0.0843. The maximum atomic E-state index is 12.5. The van der Waals surface area contributed by atoms with Crippen LogP contribution in [0.25, 0.3) is 22.2 Å². The minimum Gasteiger partial charge on any atom is -0.347 e. The van der Waals surface area contributed by atoms with Crippen LogP contribution in [0, 0.1) is 6.92 Å². The van der Waals surface area contributed by atoms with Crippen molar-refractivity contribution in [3.8, 4) is 11.1 Å². The maximum absolute atomic E-state index is 12.5. The highest BCUT2D eigenvalue weighted by atomic mass is 16.2. The zero-order valence-corrected chi connectivity index (χ0v) is 23.8. The number of unbranched alkanes of at least 4 members (excludes halogenated alkanes) is 1. The van der Waals surface area contributed by atoms with Crippen molar-refractivity contribution >= 4 is 28.5 Å². The predicted octanol–water partition coefficient (Wildman–Crippen LogP) is 3.97. The van der Waals surface area contributed by atoms with Gasteiger partial charge in [-0.25, -0.2) is 0 Å². The number of amides is 2. The Morgan fingerprint density at radius 2 is 1.90 bits per heavy atom. The Bertz CT molecular complexity index is 1620. The van der Waals surface area contributed by atoms with Crippen molar-refractivity contribution in [1.29, 1.82) is 0 Å². The lowest BCUT2D eigenvalue weighted by atomic mass is 10.00. The Labute approximate surface area is 244 Å². The SMILES string of the molecule is CC(=O)Nc1ccc(-c2c(C3CC3)[nH]c3nnc(CCCCN4C=C(C(=O)NCc5ccc(C)nc5)NN4)cc23)cc1. The highest BCUT2D eigenvalue weighted by Gasteiger charge is 2.30. The van der Waals surface area contributed by atoms with Gasteiger partial charge < -0.3 is 15.6 Å². The van der Waals surface area contributed by atoms with Gasteiger partial charge in [-0.2, -0.15) is 5.10 Å². The van der Waals surface area contributed by atoms with E-state index in [0.29, 0.717) is 18.2 Å². The van der Waals surface area contributed by atoms with Crippen molar-refractivity contribution in [2.24, 2.45) is 0 Å². The normalized spacial score (nSPS) is 14.5. The zero-order chi connectivity index (χ0) is 29.1. The number of nitrogens with zero attached hydrogens (tertiary/aromatic N) is 4. The highest BCUT2D eigenvalue weighted by Crippen LogP contribution is 2.46. The Balaban J connectivity index is 1.05. The second kappa shape index (κ2) is 12.0. The molecule has 1 saturated carbocycles. The van der Waals surface area contributed by atoms with Crippen LogP contribution in [0.3, 0.4) is 0 Å². The summed E-state index contributed by atoms with van der Waals surface area (Å²) in [6, 6.07) is 14.0. The van der Waals surface area contributed by atoms with Gasteiger partial charge in [0.05, 0.1) is 5.69 Å². The van der Waals surface area contributed by atoms with Gasteiger partial charge >= 0.3 is 0 Å². The number of rotatable bonds is 11. The van der Waals surface area contributed by atoms with E-state index in [0.717, 1.165) is 65.0 Å². The third-order valence-corrected chi connectivity index (χ3v) is 7.49. The number of pyridine rings is 1. The molecule has 42 heavy (non-hydrogen) atoms. The van der Waals surface area contributed by atoms with Gasteiger partial charge in [-0.05, 0) is 80.3 Å². The van der Waals surface area contributed by atoms with Crippen molar-refractivity contribution in [2.45, 2.75) is 58.4 Å². The highest BCUT2D eigenvalue weighted by molar-refractivity contribution is 5.97. The molecule has 0 saturated heterocycles. The largest absolute Gasteiger partial charge is 0.347 e. The molecule has 0 unspecified atom stereocenters. The first-order valence-corrected chi connectivity index (χ1v) is 14.4. The summed E-state index contributed by atoms with van der Waals surface area (Å²) >= 11 is 0. The van der Waals surface area contributed by atoms with Crippen LogP contribution in [-0.4, -0.2) is 43.5 Å². The summed E-state index contributed by atoms with van der Waals surface area (Å²) in [5.74, 6) is 0.264. The maximum Gasteiger partial charge on any atom is 0.270 e. The van der Waals surface area contributed by atoms with E-state index in [1.165, 1.54) is 31.0 Å². The van der Waals surface area contributed by atoms with Crippen LogP contribution >= 0.6 is 0 Å². The van der Waals surface area contributed by atoms with Crippen LogP contribution in [0.4, 0.5) is 5.69 Å². The Hall–Kier alpha value is -4.77. The van der Waals surface area contributed by atoms with Gasteiger partial charge in [-0.3, -0.25) is 25.0 Å². The molecule has 11 heteroatoms. The number of H-pyrrole nitrogens is 1. The van der Waals surface area contributed by atoms with Crippen molar-refractivity contribution in [2.75, 3.05) is 11.9 Å². The summed E-state index contributed by atoms with van der Waals surface area (Å²) in [7, 11) is 0. The van der Waals surface area contributed by atoms with Gasteiger partial charge in [0, 0.05) is 60.4 Å². The number of aromatic nitrogens is 4. The van der Waals surface area contributed by atoms with Crippen molar-refractivity contribution in [3.05, 3.63) is 83.2 Å². The molecule has 0 spiro atoms. The van der Waals surface area contributed by atoms with Crippen molar-refractivity contribution < 1.29 is 9.59 Å². The number of hydrogen-bond acceptors (Lipinski definition) is 8. The number of carbonyl (C=O) groups excluding carboxylic acids is 2. The van der Waals surface area contributed by atoms with Crippen LogP contribution in [0.5, 0.6) is 0 Å². The molecule has 1 fully saturated rings. The smallest absolute Gasteiger partial charge is 0.270 e. The average molecular weight is 566 g/mol. The molecule has 5 N–H and O–H groups in total. The fourth-order valence-corrected chi connectivity index (χ4v) is 5.14. The fourth-order valence-electron chi connectivity index (χ4n) is 5.14. The molecule has 6 rings (SSSR count). The van der Waals surface area contributed by atoms with E-state index in [1.807, 2.05) is 36.2 Å². The van der Waals surface area contributed by atoms with Crippen LogP contribution in [0.1, 0.15) is 61.2 Å². The number of fused-ring (bicyclic) bond motifs is 1. The third-order valence-electron chi connectivity index (χ3n) is 7.49. The van der Waals surface area contributed by atoms with E-state index in [1.54, 1.807) is 12.4 Å². The molecular weight excluding hydrogens is 530 g/mol. The topological polar surface area (TPSA) is 140 Å². The average Bonchev–Trinajstić information content (AvgIpc) is 3.60. The lowest BCUT2D eigenvalue weighted by Gasteiger charge is -2.14. The first kappa shape index (κ1) is 27.4. The molecule has 216 valence electrons. The summed E-state index contributed by atoms with van der Waals surface area (Å²) in [4.78, 5) is 31.7. The minimum atomic E-state index is -0.174. The summed E-state index contributed by atoms with van der Waals surface area (Å²) in [6.07, 6.45) is 8.54. The van der Waals surface area contributed by atoms with E-state index in [-0.39, 0.29) is 11.8 Å². The number of benzene rings is 1. The molecule has 2 aliphatic rings. The number of anilines is 1. The predicted molar refractivity (Wildman–Crippen MR) is 160 cm³/mol. The van der Waals surface area contributed by atoms with Gasteiger partial charge in [0.25, 0.3) is 5.91 Å². The van der Waals surface area contributed by atoms with Crippen molar-refractivity contribution in [3.63, 3.8) is 0 Å². The van der Waals surface area contributed by atoms with E-state index in [4.69, 9.17) is 0 Å². The standard InChI is InChI=1S/C31H35N9O2/c1-19-6-7-21(16-32-19)17-33-31(42)27-18-40(39-37-27)14-4-3-5-25-15-26-28(22-10-12-24(13-11-22)34-20(2)41)29(23-8-9-23)35-30(26)38-36-25/h6-7,10-13,15-16,18,23,37,39H,3-5,8-9,14,17H2,1-2H3,(H,33,42)(H,34,41)(H,35,38). The van der Waals surface area contributed by atoms with E-state index >= 15 is 0 Å². The van der Waals surface area contributed by atoms with Gasteiger partial charge in [0.15, 0.2) is 5.65 Å². The molecule has 1 aliphatic heterocycles. The summed E-state index contributed by atoms with van der Waals surface area (Å²) < 4.78 is 0. The van der Waals surface area contributed by atoms with Gasteiger partial charge in [-0.1, -0.05) is 18.2 Å². The Kier molecular flexibility index (Phi) is 7.83. The molecule has 0 bridgehead atoms. The fraction of sp³-hybridized carbons (Fsp3) is 0.323. The van der Waals surface area contributed by atoms with Gasteiger partial charge in [0.1, 0.15) is 5.70 Å². The first-order chi connectivity index (χ1) is 20.4. The molecule has 4 heterocycles. The third kappa shape index (κ3) is 6.41. The summed E-state index contributed by atoms with van der Waals surface area (Å²) in [5.41, 5.74) is 14.4. The van der Waals surface area contributed by atoms with Crippen molar-refractivity contribution in [1.82, 2.24) is 41.5 Å². The van der Waals surface area contributed by atoms with Crippen LogP contribution < -0.4 is 21.6 Å². The number of aryl methyl sites for hydroxylation is 2.